The fourth-order valence-electron chi connectivity index (χ4n) is 2.33. The Balaban J connectivity index is 1.79. The second-order valence-corrected chi connectivity index (χ2v) is 6.36. The highest BCUT2D eigenvalue weighted by atomic mass is 32.2. The van der Waals surface area contributed by atoms with E-state index in [0.717, 1.165) is 26.9 Å². The van der Waals surface area contributed by atoms with Gasteiger partial charge in [0.15, 0.2) is 5.78 Å². The molecule has 0 amide bonds. The third kappa shape index (κ3) is 3.04. The van der Waals surface area contributed by atoms with Crippen molar-refractivity contribution < 1.29 is 4.79 Å². The summed E-state index contributed by atoms with van der Waals surface area (Å²) in [6, 6.07) is 15.9. The van der Waals surface area contributed by atoms with Gasteiger partial charge in [0.1, 0.15) is 0 Å². The van der Waals surface area contributed by atoms with E-state index in [1.165, 1.54) is 5.56 Å². The predicted octanol–water partition coefficient (Wildman–Crippen LogP) is 4.83. The Morgan fingerprint density at radius 2 is 1.86 bits per heavy atom. The van der Waals surface area contributed by atoms with Crippen molar-refractivity contribution in [2.75, 3.05) is 5.75 Å². The lowest BCUT2D eigenvalue weighted by Gasteiger charge is -2.06. The Labute approximate surface area is 134 Å². The van der Waals surface area contributed by atoms with Gasteiger partial charge in [0.05, 0.1) is 11.3 Å². The largest absolute Gasteiger partial charge is 0.293 e. The first-order valence-electron chi connectivity index (χ1n) is 7.22. The van der Waals surface area contributed by atoms with Gasteiger partial charge < -0.3 is 0 Å². The molecule has 0 bridgehead atoms. The van der Waals surface area contributed by atoms with Crippen LogP contribution in [0.5, 0.6) is 0 Å². The van der Waals surface area contributed by atoms with Crippen LogP contribution < -0.4 is 0 Å². The van der Waals surface area contributed by atoms with Crippen LogP contribution in [0.25, 0.3) is 10.9 Å². The Morgan fingerprint density at radius 3 is 2.68 bits per heavy atom. The van der Waals surface area contributed by atoms with Crippen molar-refractivity contribution in [2.24, 2.45) is 0 Å². The first-order chi connectivity index (χ1) is 10.6. The van der Waals surface area contributed by atoms with Crippen molar-refractivity contribution in [1.29, 1.82) is 0 Å². The lowest BCUT2D eigenvalue weighted by Crippen LogP contribution is -2.03. The maximum Gasteiger partial charge on any atom is 0.173 e. The number of aryl methyl sites for hydroxylation is 2. The smallest absolute Gasteiger partial charge is 0.173 e. The summed E-state index contributed by atoms with van der Waals surface area (Å²) in [5, 5.41) is 1.10. The number of carbonyl (C=O) groups excluding carboxylic acids is 1. The highest BCUT2D eigenvalue weighted by Crippen LogP contribution is 2.26. The third-order valence-corrected chi connectivity index (χ3v) is 4.83. The summed E-state index contributed by atoms with van der Waals surface area (Å²) in [7, 11) is 0. The summed E-state index contributed by atoms with van der Waals surface area (Å²) in [6.07, 6.45) is 1.79. The maximum atomic E-state index is 12.4. The first kappa shape index (κ1) is 14.8. The van der Waals surface area contributed by atoms with Crippen LogP contribution in [0.15, 0.2) is 59.6 Å². The number of aromatic nitrogens is 1. The number of hydrogen-bond donors (Lipinski definition) is 0. The van der Waals surface area contributed by atoms with Crippen LogP contribution in [0.4, 0.5) is 0 Å². The number of hydrogen-bond acceptors (Lipinski definition) is 3. The fraction of sp³-hybridized carbons (Fsp3) is 0.158. The van der Waals surface area contributed by atoms with Gasteiger partial charge in [-0.1, -0.05) is 30.3 Å². The summed E-state index contributed by atoms with van der Waals surface area (Å²) in [5.74, 6) is 0.582. The molecule has 2 nitrogen and oxygen atoms in total. The number of nitrogens with zero attached hydrogens (tertiary/aromatic N) is 1. The predicted molar refractivity (Wildman–Crippen MR) is 92.7 cm³/mol. The SMILES string of the molecule is Cc1ccc(C(=O)CSc2cccc3cccnc23)cc1C. The van der Waals surface area contributed by atoms with Gasteiger partial charge in [0, 0.05) is 22.0 Å². The topological polar surface area (TPSA) is 30.0 Å². The van der Waals surface area contributed by atoms with E-state index >= 15 is 0 Å². The van der Waals surface area contributed by atoms with Gasteiger partial charge in [0.25, 0.3) is 0 Å². The normalized spacial score (nSPS) is 10.8. The van der Waals surface area contributed by atoms with E-state index in [1.807, 2.05) is 55.5 Å². The van der Waals surface area contributed by atoms with E-state index in [2.05, 4.69) is 11.9 Å². The average Bonchev–Trinajstić information content (AvgIpc) is 2.55. The van der Waals surface area contributed by atoms with E-state index in [1.54, 1.807) is 18.0 Å². The van der Waals surface area contributed by atoms with Crippen LogP contribution in [-0.2, 0) is 0 Å². The van der Waals surface area contributed by atoms with Gasteiger partial charge in [-0.3, -0.25) is 9.78 Å². The molecule has 0 N–H and O–H groups in total. The molecule has 110 valence electrons. The molecule has 3 heteroatoms. The Bertz CT molecular complexity index is 836. The Kier molecular flexibility index (Phi) is 4.25. The summed E-state index contributed by atoms with van der Waals surface area (Å²) in [5.41, 5.74) is 4.11. The number of pyridine rings is 1. The molecule has 0 aliphatic carbocycles. The van der Waals surface area contributed by atoms with Gasteiger partial charge in [-0.25, -0.2) is 0 Å². The summed E-state index contributed by atoms with van der Waals surface area (Å²) >= 11 is 1.55. The zero-order chi connectivity index (χ0) is 15.5. The number of Topliss-reactive ketones (excluding diaryl/α,β-unsaturated/α-hetero) is 1. The minimum Gasteiger partial charge on any atom is -0.293 e. The third-order valence-electron chi connectivity index (χ3n) is 3.78. The van der Waals surface area contributed by atoms with Crippen molar-refractivity contribution in [3.63, 3.8) is 0 Å². The standard InChI is InChI=1S/C19H17NOS/c1-13-8-9-16(11-14(13)2)17(21)12-22-18-7-3-5-15-6-4-10-20-19(15)18/h3-11H,12H2,1-2H3. The Hall–Kier alpha value is -2.13. The highest BCUT2D eigenvalue weighted by molar-refractivity contribution is 8.00. The number of benzene rings is 2. The zero-order valence-corrected chi connectivity index (χ0v) is 13.5. The summed E-state index contributed by atoms with van der Waals surface area (Å²) in [4.78, 5) is 17.9. The molecule has 0 spiro atoms. The van der Waals surface area contributed by atoms with Gasteiger partial charge in [0.2, 0.25) is 0 Å². The van der Waals surface area contributed by atoms with Crippen LogP contribution in [-0.4, -0.2) is 16.5 Å². The number of fused-ring (bicyclic) bond motifs is 1. The van der Waals surface area contributed by atoms with E-state index in [9.17, 15) is 4.79 Å². The zero-order valence-electron chi connectivity index (χ0n) is 12.7. The van der Waals surface area contributed by atoms with Crippen LogP contribution in [0.2, 0.25) is 0 Å². The molecular formula is C19H17NOS. The summed E-state index contributed by atoms with van der Waals surface area (Å²) in [6.45, 7) is 4.09. The van der Waals surface area contributed by atoms with E-state index in [-0.39, 0.29) is 5.78 Å². The van der Waals surface area contributed by atoms with Crippen molar-refractivity contribution in [2.45, 2.75) is 18.7 Å². The van der Waals surface area contributed by atoms with E-state index in [0.29, 0.717) is 5.75 Å². The van der Waals surface area contributed by atoms with Crippen molar-refractivity contribution >= 4 is 28.4 Å². The van der Waals surface area contributed by atoms with Crippen LogP contribution in [0.3, 0.4) is 0 Å². The second kappa shape index (κ2) is 6.32. The molecule has 0 aliphatic rings. The number of carbonyl (C=O) groups is 1. The maximum absolute atomic E-state index is 12.4. The molecule has 3 rings (SSSR count). The molecule has 2 aromatic carbocycles. The highest BCUT2D eigenvalue weighted by Gasteiger charge is 2.09. The molecule has 0 fully saturated rings. The van der Waals surface area contributed by atoms with Crippen LogP contribution in [0.1, 0.15) is 21.5 Å². The first-order valence-corrected chi connectivity index (χ1v) is 8.21. The fourth-order valence-corrected chi connectivity index (χ4v) is 3.27. The van der Waals surface area contributed by atoms with Gasteiger partial charge in [-0.15, -0.1) is 11.8 Å². The molecule has 0 aliphatic heterocycles. The minimum atomic E-state index is 0.154. The average molecular weight is 307 g/mol. The monoisotopic (exact) mass is 307 g/mol. The van der Waals surface area contributed by atoms with Gasteiger partial charge >= 0.3 is 0 Å². The molecule has 0 radical (unpaired) electrons. The minimum absolute atomic E-state index is 0.154. The number of para-hydroxylation sites is 1. The van der Waals surface area contributed by atoms with E-state index in [4.69, 9.17) is 0 Å². The molecule has 0 saturated carbocycles. The molecule has 3 aromatic rings. The van der Waals surface area contributed by atoms with Crippen molar-refractivity contribution in [1.82, 2.24) is 4.98 Å². The lowest BCUT2D eigenvalue weighted by molar-refractivity contribution is 0.102. The van der Waals surface area contributed by atoms with Gasteiger partial charge in [-0.05, 0) is 43.2 Å². The molecule has 22 heavy (non-hydrogen) atoms. The van der Waals surface area contributed by atoms with Crippen LogP contribution >= 0.6 is 11.8 Å². The molecule has 0 unspecified atom stereocenters. The Morgan fingerprint density at radius 1 is 1.05 bits per heavy atom. The molecule has 0 saturated heterocycles. The van der Waals surface area contributed by atoms with Crippen molar-refractivity contribution in [3.05, 3.63) is 71.4 Å². The second-order valence-electron chi connectivity index (χ2n) is 5.34. The van der Waals surface area contributed by atoms with Crippen molar-refractivity contribution in [3.8, 4) is 0 Å². The summed E-state index contributed by atoms with van der Waals surface area (Å²) < 4.78 is 0. The molecule has 0 atom stereocenters. The molecule has 1 aromatic heterocycles. The van der Waals surface area contributed by atoms with Crippen LogP contribution in [0, 0.1) is 13.8 Å². The molecule has 1 heterocycles. The van der Waals surface area contributed by atoms with E-state index < -0.39 is 0 Å². The number of ketones is 1. The number of thioether (sulfide) groups is 1. The molecular weight excluding hydrogens is 290 g/mol. The van der Waals surface area contributed by atoms with Gasteiger partial charge in [-0.2, -0.15) is 0 Å². The quantitative estimate of drug-likeness (QED) is 0.511. The number of rotatable bonds is 4. The lowest BCUT2D eigenvalue weighted by atomic mass is 10.0.